The second-order valence-electron chi connectivity index (χ2n) is 4.68. The summed E-state index contributed by atoms with van der Waals surface area (Å²) in [6.45, 7) is 0.253. The highest BCUT2D eigenvalue weighted by molar-refractivity contribution is 6.30. The molecule has 2 aromatic carbocycles. The van der Waals surface area contributed by atoms with Gasteiger partial charge in [0.2, 0.25) is 0 Å². The molecule has 0 aliphatic carbocycles. The average molecular weight is 353 g/mol. The van der Waals surface area contributed by atoms with Crippen LogP contribution in [0.5, 0.6) is 0 Å². The topological polar surface area (TPSA) is 57.5 Å². The van der Waals surface area contributed by atoms with Crippen LogP contribution in [-0.2, 0) is 11.2 Å². The van der Waals surface area contributed by atoms with Gasteiger partial charge in [-0.25, -0.2) is 4.79 Å². The second-order valence-corrected chi connectivity index (χ2v) is 5.55. The molecule has 0 heterocycles. The van der Waals surface area contributed by atoms with Gasteiger partial charge >= 0.3 is 5.97 Å². The Morgan fingerprint density at radius 3 is 1.96 bits per heavy atom. The van der Waals surface area contributed by atoms with Crippen molar-refractivity contribution >= 4 is 35.2 Å². The Morgan fingerprint density at radius 1 is 0.957 bits per heavy atom. The van der Waals surface area contributed by atoms with Crippen LogP contribution in [0.25, 0.3) is 6.08 Å². The van der Waals surface area contributed by atoms with Gasteiger partial charge in [0.1, 0.15) is 0 Å². The molecule has 0 radical (unpaired) electrons. The summed E-state index contributed by atoms with van der Waals surface area (Å²) >= 11 is 11.3. The van der Waals surface area contributed by atoms with Gasteiger partial charge in [-0.15, -0.1) is 0 Å². The highest BCUT2D eigenvalue weighted by Gasteiger charge is 1.91. The van der Waals surface area contributed by atoms with E-state index in [0.717, 1.165) is 29.5 Å². The highest BCUT2D eigenvalue weighted by atomic mass is 35.5. The summed E-state index contributed by atoms with van der Waals surface area (Å²) in [5, 5.41) is 18.3. The van der Waals surface area contributed by atoms with Crippen LogP contribution in [-0.4, -0.2) is 22.8 Å². The summed E-state index contributed by atoms with van der Waals surface area (Å²) in [5.74, 6) is -0.954. The Balaban J connectivity index is 0.000000231. The first-order valence-electron chi connectivity index (χ1n) is 7.03. The van der Waals surface area contributed by atoms with Crippen LogP contribution in [0.15, 0.2) is 54.6 Å². The van der Waals surface area contributed by atoms with Crippen molar-refractivity contribution in [2.75, 3.05) is 6.61 Å². The van der Waals surface area contributed by atoms with Crippen LogP contribution in [0.1, 0.15) is 17.5 Å². The number of carboxylic acid groups (broad SMARTS) is 1. The number of halogens is 2. The van der Waals surface area contributed by atoms with Crippen LogP contribution in [0, 0.1) is 0 Å². The molecule has 0 bridgehead atoms. The molecule has 5 heteroatoms. The number of benzene rings is 2. The number of hydrogen-bond donors (Lipinski definition) is 2. The van der Waals surface area contributed by atoms with E-state index >= 15 is 0 Å². The number of hydrogen-bond acceptors (Lipinski definition) is 2. The van der Waals surface area contributed by atoms with Crippen molar-refractivity contribution in [3.8, 4) is 0 Å². The van der Waals surface area contributed by atoms with Crippen LogP contribution in [0.4, 0.5) is 0 Å². The van der Waals surface area contributed by atoms with Crippen molar-refractivity contribution in [3.05, 3.63) is 75.8 Å². The highest BCUT2D eigenvalue weighted by Crippen LogP contribution is 2.11. The van der Waals surface area contributed by atoms with E-state index in [-0.39, 0.29) is 6.61 Å². The molecule has 0 fully saturated rings. The zero-order valence-electron chi connectivity index (χ0n) is 12.5. The quantitative estimate of drug-likeness (QED) is 0.766. The minimum Gasteiger partial charge on any atom is -0.478 e. The van der Waals surface area contributed by atoms with Gasteiger partial charge in [-0.05, 0) is 54.3 Å². The molecular weight excluding hydrogens is 335 g/mol. The summed E-state index contributed by atoms with van der Waals surface area (Å²) in [5.41, 5.74) is 2.05. The molecule has 0 aliphatic rings. The van der Waals surface area contributed by atoms with E-state index in [1.54, 1.807) is 24.3 Å². The van der Waals surface area contributed by atoms with Gasteiger partial charge < -0.3 is 10.2 Å². The van der Waals surface area contributed by atoms with Crippen molar-refractivity contribution in [2.24, 2.45) is 0 Å². The fourth-order valence-corrected chi connectivity index (χ4v) is 1.93. The zero-order valence-corrected chi connectivity index (χ0v) is 14.0. The van der Waals surface area contributed by atoms with Crippen molar-refractivity contribution in [3.63, 3.8) is 0 Å². The third-order valence-corrected chi connectivity index (χ3v) is 3.33. The average Bonchev–Trinajstić information content (AvgIpc) is 2.54. The SMILES string of the molecule is O=C(O)C=Cc1ccc(Cl)cc1.OCCCc1ccc(Cl)cc1. The normalized spacial score (nSPS) is 10.2. The molecule has 0 saturated heterocycles. The van der Waals surface area contributed by atoms with Crippen molar-refractivity contribution in [1.82, 2.24) is 0 Å². The number of aryl methyl sites for hydroxylation is 1. The first kappa shape index (κ1) is 19.2. The summed E-state index contributed by atoms with van der Waals surface area (Å²) in [4.78, 5) is 10.1. The van der Waals surface area contributed by atoms with Crippen LogP contribution in [0.3, 0.4) is 0 Å². The molecule has 2 rings (SSSR count). The number of carbonyl (C=O) groups is 1. The fraction of sp³-hybridized carbons (Fsp3) is 0.167. The molecule has 23 heavy (non-hydrogen) atoms. The minimum atomic E-state index is -0.954. The number of carboxylic acids is 1. The van der Waals surface area contributed by atoms with E-state index in [4.69, 9.17) is 33.4 Å². The van der Waals surface area contributed by atoms with Gasteiger partial charge in [-0.3, -0.25) is 0 Å². The molecule has 2 N–H and O–H groups in total. The monoisotopic (exact) mass is 352 g/mol. The van der Waals surface area contributed by atoms with Gasteiger partial charge in [0.25, 0.3) is 0 Å². The van der Waals surface area contributed by atoms with Gasteiger partial charge in [0.15, 0.2) is 0 Å². The maximum Gasteiger partial charge on any atom is 0.328 e. The summed E-state index contributed by atoms with van der Waals surface area (Å²) in [6.07, 6.45) is 4.34. The van der Waals surface area contributed by atoms with Crippen LogP contribution < -0.4 is 0 Å². The maximum atomic E-state index is 10.1. The third-order valence-electron chi connectivity index (χ3n) is 2.83. The van der Waals surface area contributed by atoms with Gasteiger partial charge in [-0.1, -0.05) is 47.5 Å². The lowest BCUT2D eigenvalue weighted by molar-refractivity contribution is -0.131. The van der Waals surface area contributed by atoms with Crippen molar-refractivity contribution in [1.29, 1.82) is 0 Å². The maximum absolute atomic E-state index is 10.1. The smallest absolute Gasteiger partial charge is 0.328 e. The standard InChI is InChI=1S/C9H7ClO2.C9H11ClO/c10-8-4-1-7(2-5-8)3-6-9(11)12;10-9-5-3-8(4-6-9)2-1-7-11/h1-6H,(H,11,12);3-6,11H,1-2,7H2. The lowest BCUT2D eigenvalue weighted by atomic mass is 10.1. The Bertz CT molecular complexity index is 620. The molecule has 2 aromatic rings. The Morgan fingerprint density at radius 2 is 1.48 bits per heavy atom. The molecule has 0 amide bonds. The van der Waals surface area contributed by atoms with E-state index < -0.39 is 5.97 Å². The third kappa shape index (κ3) is 9.04. The molecule has 0 atom stereocenters. The number of aliphatic hydroxyl groups is 1. The number of rotatable bonds is 5. The number of aliphatic carboxylic acids is 1. The molecular formula is C18H18Cl2O3. The van der Waals surface area contributed by atoms with E-state index in [9.17, 15) is 4.79 Å². The lowest BCUT2D eigenvalue weighted by Crippen LogP contribution is -1.88. The van der Waals surface area contributed by atoms with E-state index in [2.05, 4.69) is 0 Å². The predicted octanol–water partition coefficient (Wildman–Crippen LogP) is 4.70. The zero-order chi connectivity index (χ0) is 17.1. The Kier molecular flexibility index (Phi) is 9.07. The molecule has 0 unspecified atom stereocenters. The van der Waals surface area contributed by atoms with Crippen molar-refractivity contribution in [2.45, 2.75) is 12.8 Å². The van der Waals surface area contributed by atoms with E-state index in [0.29, 0.717) is 5.02 Å². The molecule has 122 valence electrons. The largest absolute Gasteiger partial charge is 0.478 e. The Labute approximate surface area is 145 Å². The first-order valence-corrected chi connectivity index (χ1v) is 7.78. The molecule has 3 nitrogen and oxygen atoms in total. The van der Waals surface area contributed by atoms with E-state index in [1.807, 2.05) is 24.3 Å². The minimum absolute atomic E-state index is 0.253. The van der Waals surface area contributed by atoms with Crippen LogP contribution in [0.2, 0.25) is 10.0 Å². The van der Waals surface area contributed by atoms with Gasteiger partial charge in [0.05, 0.1) is 0 Å². The lowest BCUT2D eigenvalue weighted by Gasteiger charge is -1.97. The summed E-state index contributed by atoms with van der Waals surface area (Å²) in [7, 11) is 0. The fourth-order valence-electron chi connectivity index (χ4n) is 1.68. The molecule has 0 aliphatic heterocycles. The second kappa shape index (κ2) is 10.8. The van der Waals surface area contributed by atoms with E-state index in [1.165, 1.54) is 11.6 Å². The molecule has 0 spiro atoms. The number of aliphatic hydroxyl groups excluding tert-OH is 1. The van der Waals surface area contributed by atoms with Gasteiger partial charge in [0, 0.05) is 22.7 Å². The van der Waals surface area contributed by atoms with Crippen LogP contribution >= 0.6 is 23.2 Å². The molecule has 0 saturated carbocycles. The van der Waals surface area contributed by atoms with Gasteiger partial charge in [-0.2, -0.15) is 0 Å². The molecule has 0 aromatic heterocycles. The predicted molar refractivity (Wildman–Crippen MR) is 95.0 cm³/mol. The Hall–Kier alpha value is -1.81. The summed E-state index contributed by atoms with van der Waals surface area (Å²) in [6, 6.07) is 14.6. The first-order chi connectivity index (χ1) is 11.0. The summed E-state index contributed by atoms with van der Waals surface area (Å²) < 4.78 is 0. The van der Waals surface area contributed by atoms with Crippen molar-refractivity contribution < 1.29 is 15.0 Å².